The van der Waals surface area contributed by atoms with Crippen LogP contribution in [0.15, 0.2) is 36.5 Å². The van der Waals surface area contributed by atoms with Gasteiger partial charge in [-0.2, -0.15) is 0 Å². The van der Waals surface area contributed by atoms with Crippen molar-refractivity contribution in [2.24, 2.45) is 0 Å². The monoisotopic (exact) mass is 316 g/mol. The molecule has 1 aromatic carbocycles. The third-order valence-corrected chi connectivity index (χ3v) is 4.23. The summed E-state index contributed by atoms with van der Waals surface area (Å²) in [4.78, 5) is 4.33. The number of rotatable bonds is 5. The highest BCUT2D eigenvalue weighted by Gasteiger charge is 2.15. The molecule has 0 radical (unpaired) electrons. The highest BCUT2D eigenvalue weighted by Crippen LogP contribution is 2.36. The number of hydrogen-bond acceptors (Lipinski definition) is 3. The molecule has 2 heterocycles. The summed E-state index contributed by atoms with van der Waals surface area (Å²) in [6.45, 7) is 1.68. The Morgan fingerprint density at radius 3 is 3.00 bits per heavy atom. The van der Waals surface area contributed by atoms with Crippen LogP contribution in [-0.2, 0) is 12.8 Å². The van der Waals surface area contributed by atoms with Gasteiger partial charge in [-0.1, -0.05) is 17.7 Å². The van der Waals surface area contributed by atoms with Crippen LogP contribution in [0.2, 0.25) is 5.02 Å². The quantitative estimate of drug-likeness (QED) is 0.825. The molecule has 3 nitrogen and oxygen atoms in total. The van der Waals surface area contributed by atoms with Gasteiger partial charge in [0.05, 0.1) is 11.6 Å². The topological polar surface area (TPSA) is 34.1 Å². The van der Waals surface area contributed by atoms with Gasteiger partial charge in [0, 0.05) is 29.7 Å². The van der Waals surface area contributed by atoms with Gasteiger partial charge in [0.2, 0.25) is 0 Å². The Balaban J connectivity index is 1.62. The predicted octanol–water partition coefficient (Wildman–Crippen LogP) is 4.49. The Morgan fingerprint density at radius 1 is 1.18 bits per heavy atom. The first-order valence-corrected chi connectivity index (χ1v) is 8.30. The van der Waals surface area contributed by atoms with Crippen molar-refractivity contribution in [1.29, 1.82) is 0 Å². The van der Waals surface area contributed by atoms with E-state index in [1.165, 1.54) is 24.1 Å². The van der Waals surface area contributed by atoms with Gasteiger partial charge in [0.25, 0.3) is 0 Å². The van der Waals surface area contributed by atoms with Crippen molar-refractivity contribution in [1.82, 2.24) is 4.98 Å². The average Bonchev–Trinajstić information content (AvgIpc) is 2.79. The molecule has 0 saturated heterocycles. The lowest BCUT2D eigenvalue weighted by Gasteiger charge is -2.15. The minimum absolute atomic E-state index is 0.659. The van der Waals surface area contributed by atoms with E-state index in [4.69, 9.17) is 16.3 Å². The zero-order valence-electron chi connectivity index (χ0n) is 12.6. The molecule has 0 aliphatic carbocycles. The van der Waals surface area contributed by atoms with Crippen LogP contribution in [0.1, 0.15) is 30.5 Å². The van der Waals surface area contributed by atoms with E-state index in [0.717, 1.165) is 37.3 Å². The Kier molecular flexibility index (Phi) is 5.17. The molecule has 1 aliphatic rings. The van der Waals surface area contributed by atoms with E-state index in [-0.39, 0.29) is 0 Å². The van der Waals surface area contributed by atoms with E-state index < -0.39 is 0 Å². The van der Waals surface area contributed by atoms with E-state index in [1.807, 2.05) is 30.5 Å². The average molecular weight is 317 g/mol. The van der Waals surface area contributed by atoms with Crippen LogP contribution < -0.4 is 10.1 Å². The molecule has 1 N–H and O–H groups in total. The molecule has 3 rings (SSSR count). The maximum Gasteiger partial charge on any atom is 0.143 e. The molecule has 0 amide bonds. The highest BCUT2D eigenvalue weighted by atomic mass is 35.5. The van der Waals surface area contributed by atoms with Gasteiger partial charge >= 0.3 is 0 Å². The molecule has 0 bridgehead atoms. The molecule has 4 heteroatoms. The molecule has 1 aliphatic heterocycles. The number of ether oxygens (including phenoxy) is 1. The summed E-state index contributed by atoms with van der Waals surface area (Å²) in [6.07, 6.45) is 7.07. The number of pyridine rings is 1. The second kappa shape index (κ2) is 7.50. The maximum atomic E-state index is 6.35. The third kappa shape index (κ3) is 3.72. The summed E-state index contributed by atoms with van der Waals surface area (Å²) in [5.41, 5.74) is 3.50. The number of nitrogens with zero attached hydrogens (tertiary/aromatic N) is 1. The molecule has 2 aromatic rings. The molecular formula is C18H21ClN2O. The second-order valence-electron chi connectivity index (χ2n) is 5.56. The van der Waals surface area contributed by atoms with Crippen LogP contribution in [0.5, 0.6) is 5.75 Å². The summed E-state index contributed by atoms with van der Waals surface area (Å²) < 4.78 is 6.01. The molecule has 1 aromatic heterocycles. The van der Waals surface area contributed by atoms with E-state index in [1.54, 1.807) is 0 Å². The van der Waals surface area contributed by atoms with Gasteiger partial charge in [0.15, 0.2) is 0 Å². The maximum absolute atomic E-state index is 6.35. The number of nitrogens with one attached hydrogen (secondary N) is 1. The smallest absolute Gasteiger partial charge is 0.143 e. The SMILES string of the molecule is Clc1ccc2c(c1OCCCc1ccccn1)CCCCN2. The van der Waals surface area contributed by atoms with Crippen molar-refractivity contribution in [3.8, 4) is 5.75 Å². The predicted molar refractivity (Wildman–Crippen MR) is 90.9 cm³/mol. The Labute approximate surface area is 136 Å². The first-order chi connectivity index (χ1) is 10.8. The van der Waals surface area contributed by atoms with Crippen molar-refractivity contribution in [3.63, 3.8) is 0 Å². The van der Waals surface area contributed by atoms with Gasteiger partial charge in [-0.3, -0.25) is 4.98 Å². The summed E-state index contributed by atoms with van der Waals surface area (Å²) in [5, 5.41) is 4.17. The standard InChI is InChI=1S/C18H21ClN2O/c19-16-9-10-17-15(8-2-4-12-21-17)18(16)22-13-5-7-14-6-1-3-11-20-14/h1,3,6,9-11,21H,2,4-5,7-8,12-13H2. The molecule has 0 fully saturated rings. The Morgan fingerprint density at radius 2 is 2.14 bits per heavy atom. The second-order valence-corrected chi connectivity index (χ2v) is 5.97. The van der Waals surface area contributed by atoms with E-state index in [0.29, 0.717) is 11.6 Å². The molecule has 0 spiro atoms. The number of anilines is 1. The van der Waals surface area contributed by atoms with E-state index in [2.05, 4.69) is 16.4 Å². The van der Waals surface area contributed by atoms with E-state index >= 15 is 0 Å². The van der Waals surface area contributed by atoms with Crippen LogP contribution in [0, 0.1) is 0 Å². The van der Waals surface area contributed by atoms with Crippen molar-refractivity contribution >= 4 is 17.3 Å². The lowest BCUT2D eigenvalue weighted by molar-refractivity contribution is 0.307. The number of fused-ring (bicyclic) bond motifs is 1. The van der Waals surface area contributed by atoms with Crippen LogP contribution in [0.25, 0.3) is 0 Å². The molecular weight excluding hydrogens is 296 g/mol. The summed E-state index contributed by atoms with van der Waals surface area (Å²) in [7, 11) is 0. The van der Waals surface area contributed by atoms with Crippen LogP contribution in [0.4, 0.5) is 5.69 Å². The fourth-order valence-corrected chi connectivity index (χ4v) is 3.02. The van der Waals surface area contributed by atoms with Gasteiger partial charge in [0.1, 0.15) is 5.75 Å². The fraction of sp³-hybridized carbons (Fsp3) is 0.389. The van der Waals surface area contributed by atoms with Gasteiger partial charge in [-0.05, 0) is 56.4 Å². The molecule has 0 unspecified atom stereocenters. The zero-order valence-corrected chi connectivity index (χ0v) is 13.4. The third-order valence-electron chi connectivity index (χ3n) is 3.93. The normalized spacial score (nSPS) is 13.9. The lowest BCUT2D eigenvalue weighted by Crippen LogP contribution is -2.05. The van der Waals surface area contributed by atoms with Gasteiger partial charge in [-0.25, -0.2) is 0 Å². The molecule has 22 heavy (non-hydrogen) atoms. The van der Waals surface area contributed by atoms with Crippen molar-refractivity contribution in [3.05, 3.63) is 52.8 Å². The first kappa shape index (κ1) is 15.2. The van der Waals surface area contributed by atoms with Gasteiger partial charge in [-0.15, -0.1) is 0 Å². The Hall–Kier alpha value is -1.74. The number of aromatic nitrogens is 1. The van der Waals surface area contributed by atoms with Crippen LogP contribution >= 0.6 is 11.6 Å². The fourth-order valence-electron chi connectivity index (χ4n) is 2.79. The molecule has 0 saturated carbocycles. The molecule has 116 valence electrons. The first-order valence-electron chi connectivity index (χ1n) is 7.92. The molecule has 0 atom stereocenters. The number of aryl methyl sites for hydroxylation is 1. The number of halogens is 1. The highest BCUT2D eigenvalue weighted by molar-refractivity contribution is 6.32. The minimum Gasteiger partial charge on any atom is -0.492 e. The Bertz CT molecular complexity index is 616. The number of benzene rings is 1. The van der Waals surface area contributed by atoms with Crippen molar-refractivity contribution < 1.29 is 4.74 Å². The zero-order chi connectivity index (χ0) is 15.2. The van der Waals surface area contributed by atoms with Crippen LogP contribution in [-0.4, -0.2) is 18.1 Å². The van der Waals surface area contributed by atoms with E-state index in [9.17, 15) is 0 Å². The summed E-state index contributed by atoms with van der Waals surface area (Å²) in [5.74, 6) is 0.856. The van der Waals surface area contributed by atoms with Crippen LogP contribution in [0.3, 0.4) is 0 Å². The summed E-state index contributed by atoms with van der Waals surface area (Å²) >= 11 is 6.35. The van der Waals surface area contributed by atoms with Gasteiger partial charge < -0.3 is 10.1 Å². The number of hydrogen-bond donors (Lipinski definition) is 1. The minimum atomic E-state index is 0.659. The largest absolute Gasteiger partial charge is 0.492 e. The van der Waals surface area contributed by atoms with Crippen molar-refractivity contribution in [2.45, 2.75) is 32.1 Å². The summed E-state index contributed by atoms with van der Waals surface area (Å²) in [6, 6.07) is 9.98. The lowest BCUT2D eigenvalue weighted by atomic mass is 10.1. The van der Waals surface area contributed by atoms with Crippen molar-refractivity contribution in [2.75, 3.05) is 18.5 Å².